The molecule has 0 aliphatic rings. The number of nitrogens with zero attached hydrogens (tertiary/aromatic N) is 2. The fourth-order valence-corrected chi connectivity index (χ4v) is 3.87. The normalized spacial score (nSPS) is 12.3. The largest absolute Gasteiger partial charge is 0.494 e. The van der Waals surface area contributed by atoms with Gasteiger partial charge in [0, 0.05) is 52.6 Å². The average Bonchev–Trinajstić information content (AvgIpc) is 3.03. The zero-order chi connectivity index (χ0) is 17.9. The molecule has 0 aliphatic carbocycles. The third-order valence-electron chi connectivity index (χ3n) is 4.73. The van der Waals surface area contributed by atoms with Gasteiger partial charge in [-0.05, 0) is 43.3 Å². The Bertz CT molecular complexity index is 1250. The van der Waals surface area contributed by atoms with E-state index in [0.717, 1.165) is 33.9 Å². The van der Waals surface area contributed by atoms with E-state index in [1.54, 1.807) is 16.7 Å². The number of hydrogen-bond donors (Lipinski definition) is 1. The number of benzene rings is 2. The van der Waals surface area contributed by atoms with E-state index in [2.05, 4.69) is 10.6 Å². The number of aryl methyl sites for hydroxylation is 2. The molecule has 4 aromatic rings. The summed E-state index contributed by atoms with van der Waals surface area (Å²) >= 11 is 0. The Balaban J connectivity index is 1.93. The fourth-order valence-electron chi connectivity index (χ4n) is 3.22. The van der Waals surface area contributed by atoms with E-state index in [-0.39, 0.29) is 10.8 Å². The molecule has 2 aromatic carbocycles. The Morgan fingerprint density at radius 3 is 2.48 bits per heavy atom. The Morgan fingerprint density at radius 1 is 1.00 bits per heavy atom. The third kappa shape index (κ3) is 2.41. The standard InChI is InChI=1S/C19H18N2O3S/c1-12-8-14-9-15(5-7-18(14)20(12)2)21-11-13-4-6-16(25(3,23)24)10-17(13)19(21)22/h4-11,22H,1-3H3. The second-order valence-electron chi connectivity index (χ2n) is 6.43. The van der Waals surface area contributed by atoms with E-state index in [1.165, 1.54) is 6.07 Å². The molecule has 2 aromatic heterocycles. The van der Waals surface area contributed by atoms with Gasteiger partial charge in [-0.1, -0.05) is 6.07 Å². The van der Waals surface area contributed by atoms with Crippen LogP contribution in [0.3, 0.4) is 0 Å². The minimum Gasteiger partial charge on any atom is -0.494 e. The van der Waals surface area contributed by atoms with Crippen molar-refractivity contribution in [1.82, 2.24) is 9.13 Å². The van der Waals surface area contributed by atoms with Crippen molar-refractivity contribution < 1.29 is 13.5 Å². The predicted octanol–water partition coefficient (Wildman–Crippen LogP) is 3.54. The van der Waals surface area contributed by atoms with Crippen LogP contribution in [-0.2, 0) is 16.9 Å². The smallest absolute Gasteiger partial charge is 0.203 e. The maximum atomic E-state index is 11.8. The minimum atomic E-state index is -3.32. The summed E-state index contributed by atoms with van der Waals surface area (Å²) in [5.41, 5.74) is 3.11. The summed E-state index contributed by atoms with van der Waals surface area (Å²) in [5, 5.41) is 13.0. The molecular formula is C19H18N2O3S. The highest BCUT2D eigenvalue weighted by Crippen LogP contribution is 2.33. The lowest BCUT2D eigenvalue weighted by Gasteiger charge is -2.06. The molecule has 0 unspecified atom stereocenters. The zero-order valence-electron chi connectivity index (χ0n) is 14.2. The molecule has 0 saturated carbocycles. The van der Waals surface area contributed by atoms with Gasteiger partial charge < -0.3 is 9.67 Å². The molecule has 2 heterocycles. The van der Waals surface area contributed by atoms with Gasteiger partial charge in [0.05, 0.1) is 4.90 Å². The lowest BCUT2D eigenvalue weighted by Crippen LogP contribution is -1.95. The highest BCUT2D eigenvalue weighted by Gasteiger charge is 2.14. The monoisotopic (exact) mass is 354 g/mol. The van der Waals surface area contributed by atoms with Gasteiger partial charge in [0.1, 0.15) is 0 Å². The molecule has 0 spiro atoms. The molecule has 0 saturated heterocycles. The highest BCUT2D eigenvalue weighted by atomic mass is 32.2. The summed E-state index contributed by atoms with van der Waals surface area (Å²) < 4.78 is 27.3. The van der Waals surface area contributed by atoms with Crippen molar-refractivity contribution in [3.05, 3.63) is 54.4 Å². The van der Waals surface area contributed by atoms with Crippen molar-refractivity contribution in [2.24, 2.45) is 7.05 Å². The van der Waals surface area contributed by atoms with Crippen molar-refractivity contribution in [3.8, 4) is 11.6 Å². The third-order valence-corrected chi connectivity index (χ3v) is 5.84. The molecule has 0 atom stereocenters. The van der Waals surface area contributed by atoms with E-state index in [4.69, 9.17) is 0 Å². The quantitative estimate of drug-likeness (QED) is 0.599. The molecule has 1 N–H and O–H groups in total. The van der Waals surface area contributed by atoms with E-state index < -0.39 is 9.84 Å². The maximum absolute atomic E-state index is 11.8. The molecule has 5 nitrogen and oxygen atoms in total. The van der Waals surface area contributed by atoms with E-state index in [1.807, 2.05) is 38.4 Å². The maximum Gasteiger partial charge on any atom is 0.203 e. The second-order valence-corrected chi connectivity index (χ2v) is 8.45. The van der Waals surface area contributed by atoms with Crippen LogP contribution in [0.15, 0.2) is 53.6 Å². The van der Waals surface area contributed by atoms with Crippen LogP contribution in [0.4, 0.5) is 0 Å². The second kappa shape index (κ2) is 5.13. The van der Waals surface area contributed by atoms with Crippen LogP contribution < -0.4 is 0 Å². The fraction of sp³-hybridized carbons (Fsp3) is 0.158. The molecule has 0 fully saturated rings. The van der Waals surface area contributed by atoms with Gasteiger partial charge in [0.2, 0.25) is 5.88 Å². The molecule has 0 aliphatic heterocycles. The summed E-state index contributed by atoms with van der Waals surface area (Å²) in [7, 11) is -1.30. The van der Waals surface area contributed by atoms with Crippen LogP contribution in [0.25, 0.3) is 27.4 Å². The van der Waals surface area contributed by atoms with Crippen molar-refractivity contribution in [3.63, 3.8) is 0 Å². The van der Waals surface area contributed by atoms with E-state index in [9.17, 15) is 13.5 Å². The minimum absolute atomic E-state index is 0.0347. The molecule has 4 rings (SSSR count). The number of rotatable bonds is 2. The summed E-state index contributed by atoms with van der Waals surface area (Å²) in [4.78, 5) is 0.196. The zero-order valence-corrected chi connectivity index (χ0v) is 15.0. The molecule has 6 heteroatoms. The molecular weight excluding hydrogens is 336 g/mol. The first-order chi connectivity index (χ1) is 11.8. The first kappa shape index (κ1) is 15.8. The summed E-state index contributed by atoms with van der Waals surface area (Å²) in [6.07, 6.45) is 2.97. The van der Waals surface area contributed by atoms with Crippen LogP contribution in [0, 0.1) is 6.92 Å². The summed E-state index contributed by atoms with van der Waals surface area (Å²) in [5.74, 6) is 0.0347. The summed E-state index contributed by atoms with van der Waals surface area (Å²) in [6.45, 7) is 2.05. The lowest BCUT2D eigenvalue weighted by atomic mass is 10.2. The van der Waals surface area contributed by atoms with Crippen LogP contribution in [-0.4, -0.2) is 28.9 Å². The Labute approximate surface area is 145 Å². The van der Waals surface area contributed by atoms with E-state index >= 15 is 0 Å². The predicted molar refractivity (Wildman–Crippen MR) is 99.3 cm³/mol. The molecule has 0 bridgehead atoms. The van der Waals surface area contributed by atoms with Gasteiger partial charge in [-0.2, -0.15) is 0 Å². The van der Waals surface area contributed by atoms with Crippen molar-refractivity contribution in [2.45, 2.75) is 11.8 Å². The van der Waals surface area contributed by atoms with Crippen molar-refractivity contribution >= 4 is 31.5 Å². The van der Waals surface area contributed by atoms with Gasteiger partial charge in [0.15, 0.2) is 9.84 Å². The SMILES string of the molecule is Cc1cc2cc(-n3cc4ccc(S(C)(=O)=O)cc4c3O)ccc2n1C. The van der Waals surface area contributed by atoms with Crippen LogP contribution >= 0.6 is 0 Å². The lowest BCUT2D eigenvalue weighted by molar-refractivity contribution is 0.448. The van der Waals surface area contributed by atoms with Gasteiger partial charge in [-0.3, -0.25) is 4.57 Å². The molecule has 25 heavy (non-hydrogen) atoms. The van der Waals surface area contributed by atoms with Crippen LogP contribution in [0.1, 0.15) is 5.69 Å². The number of sulfone groups is 1. The first-order valence-electron chi connectivity index (χ1n) is 7.86. The van der Waals surface area contributed by atoms with Gasteiger partial charge in [-0.25, -0.2) is 8.42 Å². The number of aromatic nitrogens is 2. The number of aromatic hydroxyl groups is 1. The average molecular weight is 354 g/mol. The Kier molecular flexibility index (Phi) is 3.24. The number of hydrogen-bond acceptors (Lipinski definition) is 3. The van der Waals surface area contributed by atoms with Gasteiger partial charge in [-0.15, -0.1) is 0 Å². The van der Waals surface area contributed by atoms with Gasteiger partial charge >= 0.3 is 0 Å². The first-order valence-corrected chi connectivity index (χ1v) is 9.75. The number of fused-ring (bicyclic) bond motifs is 2. The van der Waals surface area contributed by atoms with Crippen molar-refractivity contribution in [2.75, 3.05) is 6.26 Å². The summed E-state index contributed by atoms with van der Waals surface area (Å²) in [6, 6.07) is 12.9. The van der Waals surface area contributed by atoms with E-state index in [0.29, 0.717) is 5.39 Å². The molecule has 0 amide bonds. The van der Waals surface area contributed by atoms with Crippen molar-refractivity contribution in [1.29, 1.82) is 0 Å². The topological polar surface area (TPSA) is 64.2 Å². The van der Waals surface area contributed by atoms with Gasteiger partial charge in [0.25, 0.3) is 0 Å². The Hall–Kier alpha value is -2.73. The molecule has 0 radical (unpaired) electrons. The molecule has 128 valence electrons. The Morgan fingerprint density at radius 2 is 1.76 bits per heavy atom. The van der Waals surface area contributed by atoms with Crippen LogP contribution in [0.2, 0.25) is 0 Å². The van der Waals surface area contributed by atoms with Crippen LogP contribution in [0.5, 0.6) is 5.88 Å². The highest BCUT2D eigenvalue weighted by molar-refractivity contribution is 7.90.